The fourth-order valence-corrected chi connectivity index (χ4v) is 2.59. The summed E-state index contributed by atoms with van der Waals surface area (Å²) in [4.78, 5) is 18.4. The number of pyridine rings is 1. The van der Waals surface area contributed by atoms with Gasteiger partial charge in [0.05, 0.1) is 11.6 Å². The largest absolute Gasteiger partial charge is 0.317 e. The molecule has 0 aliphatic heterocycles. The van der Waals surface area contributed by atoms with Crippen LogP contribution in [0.1, 0.15) is 42.5 Å². The monoisotopic (exact) mass is 241 g/mol. The molecule has 92 valence electrons. The summed E-state index contributed by atoms with van der Waals surface area (Å²) in [6.07, 6.45) is 7.95. The van der Waals surface area contributed by atoms with Crippen LogP contribution >= 0.6 is 0 Å². The molecule has 1 heterocycles. The molecule has 0 aromatic carbocycles. The van der Waals surface area contributed by atoms with Crippen LogP contribution in [-0.4, -0.2) is 27.4 Å². The van der Waals surface area contributed by atoms with Gasteiger partial charge in [0, 0.05) is 18.4 Å². The lowest BCUT2D eigenvalue weighted by Crippen LogP contribution is -2.56. The van der Waals surface area contributed by atoms with Crippen molar-refractivity contribution in [1.29, 1.82) is 5.26 Å². The van der Waals surface area contributed by atoms with Gasteiger partial charge in [-0.05, 0) is 44.2 Å². The van der Waals surface area contributed by atoms with Gasteiger partial charge in [-0.25, -0.2) is 0 Å². The second-order valence-electron chi connectivity index (χ2n) is 5.14. The Kier molecular flexibility index (Phi) is 2.55. The molecule has 4 heteroatoms. The van der Waals surface area contributed by atoms with Crippen LogP contribution in [0.15, 0.2) is 24.5 Å². The third-order valence-electron chi connectivity index (χ3n) is 3.89. The number of rotatable bonds is 3. The van der Waals surface area contributed by atoms with E-state index >= 15 is 0 Å². The number of hydrogen-bond donors (Lipinski definition) is 0. The van der Waals surface area contributed by atoms with Crippen molar-refractivity contribution in [2.75, 3.05) is 0 Å². The maximum Gasteiger partial charge on any atom is 0.256 e. The topological polar surface area (TPSA) is 57.0 Å². The first-order chi connectivity index (χ1) is 8.77. The highest BCUT2D eigenvalue weighted by atomic mass is 16.2. The summed E-state index contributed by atoms with van der Waals surface area (Å²) in [7, 11) is 0. The van der Waals surface area contributed by atoms with E-state index in [0.717, 1.165) is 32.1 Å². The zero-order valence-corrected chi connectivity index (χ0v) is 10.2. The van der Waals surface area contributed by atoms with Gasteiger partial charge >= 0.3 is 0 Å². The molecule has 0 bridgehead atoms. The minimum Gasteiger partial charge on any atom is -0.317 e. The zero-order chi connectivity index (χ0) is 12.6. The van der Waals surface area contributed by atoms with Gasteiger partial charge in [0.15, 0.2) is 0 Å². The van der Waals surface area contributed by atoms with E-state index in [1.807, 2.05) is 4.90 Å². The average Bonchev–Trinajstić information content (AvgIpc) is 3.18. The van der Waals surface area contributed by atoms with Crippen LogP contribution < -0.4 is 0 Å². The maximum atomic E-state index is 12.6. The molecule has 4 nitrogen and oxygen atoms in total. The highest BCUT2D eigenvalue weighted by Gasteiger charge is 2.51. The smallest absolute Gasteiger partial charge is 0.256 e. The quantitative estimate of drug-likeness (QED) is 0.814. The van der Waals surface area contributed by atoms with E-state index in [0.29, 0.717) is 5.56 Å². The minimum absolute atomic E-state index is 0.0353. The molecule has 18 heavy (non-hydrogen) atoms. The number of carbonyl (C=O) groups is 1. The number of nitriles is 1. The lowest BCUT2D eigenvalue weighted by Gasteiger charge is -2.45. The predicted molar refractivity (Wildman–Crippen MR) is 65.6 cm³/mol. The molecule has 2 aliphatic carbocycles. The van der Waals surface area contributed by atoms with Crippen molar-refractivity contribution >= 4 is 5.91 Å². The highest BCUT2D eigenvalue weighted by molar-refractivity contribution is 5.95. The predicted octanol–water partition coefficient (Wildman–Crippen LogP) is 2.13. The maximum absolute atomic E-state index is 12.6. The molecule has 0 saturated heterocycles. The Labute approximate surface area is 106 Å². The third-order valence-corrected chi connectivity index (χ3v) is 3.89. The summed E-state index contributed by atoms with van der Waals surface area (Å²) in [5.41, 5.74) is 0.0413. The van der Waals surface area contributed by atoms with Gasteiger partial charge in [0.1, 0.15) is 5.54 Å². The Morgan fingerprint density at radius 3 is 2.72 bits per heavy atom. The second kappa shape index (κ2) is 4.09. The number of carbonyl (C=O) groups excluding carboxylic acids is 1. The first-order valence-corrected chi connectivity index (χ1v) is 6.42. The van der Waals surface area contributed by atoms with E-state index in [9.17, 15) is 10.1 Å². The fourth-order valence-electron chi connectivity index (χ4n) is 2.59. The lowest BCUT2D eigenvalue weighted by molar-refractivity contribution is 0.0360. The van der Waals surface area contributed by atoms with Crippen molar-refractivity contribution in [3.8, 4) is 6.07 Å². The van der Waals surface area contributed by atoms with Crippen molar-refractivity contribution in [1.82, 2.24) is 9.88 Å². The minimum atomic E-state index is -0.548. The Balaban J connectivity index is 1.91. The number of aromatic nitrogens is 1. The van der Waals surface area contributed by atoms with E-state index in [4.69, 9.17) is 0 Å². The Bertz CT molecular complexity index is 498. The van der Waals surface area contributed by atoms with E-state index in [-0.39, 0.29) is 11.9 Å². The standard InChI is InChI=1S/C14H15N3O/c15-10-14(6-2-7-14)17(12-4-5-12)13(18)11-3-1-8-16-9-11/h1,3,8-9,12H,2,4-7H2. The van der Waals surface area contributed by atoms with Crippen molar-refractivity contribution in [2.24, 2.45) is 0 Å². The number of amides is 1. The molecule has 1 amide bonds. The molecule has 0 unspecified atom stereocenters. The van der Waals surface area contributed by atoms with Crippen LogP contribution in [0.25, 0.3) is 0 Å². The van der Waals surface area contributed by atoms with Crippen LogP contribution in [0.3, 0.4) is 0 Å². The normalized spacial score (nSPS) is 20.6. The highest BCUT2D eigenvalue weighted by Crippen LogP contribution is 2.44. The van der Waals surface area contributed by atoms with Crippen molar-refractivity contribution in [3.63, 3.8) is 0 Å². The fraction of sp³-hybridized carbons (Fsp3) is 0.500. The van der Waals surface area contributed by atoms with Gasteiger partial charge in [-0.1, -0.05) is 0 Å². The molecule has 0 N–H and O–H groups in total. The third kappa shape index (κ3) is 1.67. The molecule has 2 fully saturated rings. The molecule has 2 saturated carbocycles. The Hall–Kier alpha value is -1.89. The SMILES string of the molecule is N#CC1(N(C(=O)c2cccnc2)C2CC2)CCC1. The zero-order valence-electron chi connectivity index (χ0n) is 10.2. The van der Waals surface area contributed by atoms with Crippen molar-refractivity contribution in [2.45, 2.75) is 43.7 Å². The molecule has 3 rings (SSSR count). The van der Waals surface area contributed by atoms with Gasteiger partial charge in [-0.15, -0.1) is 0 Å². The lowest BCUT2D eigenvalue weighted by atomic mass is 9.76. The van der Waals surface area contributed by atoms with Gasteiger partial charge in [-0.2, -0.15) is 5.26 Å². The van der Waals surface area contributed by atoms with Gasteiger partial charge in [0.2, 0.25) is 0 Å². The van der Waals surface area contributed by atoms with Crippen LogP contribution in [0.5, 0.6) is 0 Å². The first-order valence-electron chi connectivity index (χ1n) is 6.42. The second-order valence-corrected chi connectivity index (χ2v) is 5.14. The number of hydrogen-bond acceptors (Lipinski definition) is 3. The molecular weight excluding hydrogens is 226 g/mol. The average molecular weight is 241 g/mol. The molecule has 2 aliphatic rings. The summed E-state index contributed by atoms with van der Waals surface area (Å²) < 4.78 is 0. The van der Waals surface area contributed by atoms with Crippen LogP contribution in [-0.2, 0) is 0 Å². The molecule has 0 atom stereocenters. The van der Waals surface area contributed by atoms with Gasteiger partial charge in [-0.3, -0.25) is 9.78 Å². The summed E-state index contributed by atoms with van der Waals surface area (Å²) in [6.45, 7) is 0. The summed E-state index contributed by atoms with van der Waals surface area (Å²) in [5, 5.41) is 9.42. The summed E-state index contributed by atoms with van der Waals surface area (Å²) in [5.74, 6) is -0.0353. The molecule has 1 aromatic heterocycles. The molecule has 0 radical (unpaired) electrons. The van der Waals surface area contributed by atoms with Gasteiger partial charge < -0.3 is 4.90 Å². The van der Waals surface area contributed by atoms with Gasteiger partial charge in [0.25, 0.3) is 5.91 Å². The Morgan fingerprint density at radius 2 is 2.28 bits per heavy atom. The van der Waals surface area contributed by atoms with E-state index in [2.05, 4.69) is 11.1 Å². The van der Waals surface area contributed by atoms with Crippen LogP contribution in [0.4, 0.5) is 0 Å². The van der Waals surface area contributed by atoms with E-state index < -0.39 is 5.54 Å². The summed E-state index contributed by atoms with van der Waals surface area (Å²) in [6, 6.07) is 6.17. The summed E-state index contributed by atoms with van der Waals surface area (Å²) >= 11 is 0. The van der Waals surface area contributed by atoms with E-state index in [1.54, 1.807) is 24.5 Å². The van der Waals surface area contributed by atoms with E-state index in [1.165, 1.54) is 0 Å². The van der Waals surface area contributed by atoms with Crippen LogP contribution in [0.2, 0.25) is 0 Å². The molecular formula is C14H15N3O. The van der Waals surface area contributed by atoms with Crippen molar-refractivity contribution < 1.29 is 4.79 Å². The molecule has 1 aromatic rings. The van der Waals surface area contributed by atoms with Crippen molar-refractivity contribution in [3.05, 3.63) is 30.1 Å². The first kappa shape index (κ1) is 11.2. The Morgan fingerprint density at radius 1 is 1.50 bits per heavy atom. The number of nitrogens with zero attached hydrogens (tertiary/aromatic N) is 3. The van der Waals surface area contributed by atoms with Crippen LogP contribution in [0, 0.1) is 11.3 Å². The molecule has 0 spiro atoms.